The number of halogens is 2. The van der Waals surface area contributed by atoms with Crippen molar-refractivity contribution in [2.45, 2.75) is 25.9 Å². The number of hydrogen-bond donors (Lipinski definition) is 2. The third kappa shape index (κ3) is 6.24. The molecule has 0 saturated heterocycles. The second-order valence-electron chi connectivity index (χ2n) is 7.79. The van der Waals surface area contributed by atoms with Gasteiger partial charge in [0, 0.05) is 6.54 Å². The van der Waals surface area contributed by atoms with Crippen molar-refractivity contribution >= 4 is 11.8 Å². The first-order valence-electron chi connectivity index (χ1n) is 9.98. The highest BCUT2D eigenvalue weighted by Gasteiger charge is 2.28. The van der Waals surface area contributed by atoms with E-state index in [1.807, 2.05) is 43.3 Å². The molecular weight excluding hydrogens is 404 g/mol. The Morgan fingerprint density at radius 1 is 1.03 bits per heavy atom. The number of carbonyl (C=O) groups is 2. The second-order valence-corrected chi connectivity index (χ2v) is 7.79. The van der Waals surface area contributed by atoms with E-state index in [2.05, 4.69) is 10.6 Å². The molecule has 2 rings (SSSR count). The van der Waals surface area contributed by atoms with Gasteiger partial charge in [0.25, 0.3) is 5.91 Å². The smallest absolute Gasteiger partial charge is 0.257 e. The summed E-state index contributed by atoms with van der Waals surface area (Å²) in [4.78, 5) is 27.2. The van der Waals surface area contributed by atoms with Crippen LogP contribution in [-0.4, -0.2) is 50.5 Å². The van der Waals surface area contributed by atoms with Crippen LogP contribution in [0.3, 0.4) is 0 Å². The molecule has 31 heavy (non-hydrogen) atoms. The predicted molar refractivity (Wildman–Crippen MR) is 115 cm³/mol. The lowest BCUT2D eigenvalue weighted by atomic mass is 10.0. The van der Waals surface area contributed by atoms with Gasteiger partial charge in [0.05, 0.1) is 13.2 Å². The fraction of sp³-hybridized carbons (Fsp3) is 0.391. The summed E-state index contributed by atoms with van der Waals surface area (Å²) >= 11 is 0. The molecule has 2 atom stereocenters. The molecule has 0 aliphatic heterocycles. The van der Waals surface area contributed by atoms with Gasteiger partial charge in [-0.25, -0.2) is 8.78 Å². The van der Waals surface area contributed by atoms with Gasteiger partial charge >= 0.3 is 0 Å². The molecule has 8 heteroatoms. The first-order chi connectivity index (χ1) is 14.6. The molecule has 0 bridgehead atoms. The van der Waals surface area contributed by atoms with E-state index in [-0.39, 0.29) is 18.5 Å². The fourth-order valence-corrected chi connectivity index (χ4v) is 3.19. The molecule has 2 aromatic carbocycles. The van der Waals surface area contributed by atoms with Gasteiger partial charge in [0.15, 0.2) is 0 Å². The van der Waals surface area contributed by atoms with E-state index in [1.165, 1.54) is 6.07 Å². The lowest BCUT2D eigenvalue weighted by Gasteiger charge is -2.27. The van der Waals surface area contributed by atoms with E-state index in [0.717, 1.165) is 23.4 Å². The van der Waals surface area contributed by atoms with E-state index in [1.54, 1.807) is 21.0 Å². The number of nitrogens with zero attached hydrogens (tertiary/aromatic N) is 1. The molecule has 0 spiro atoms. The SMILES string of the molecule is COc1ccc(C(CNC(=O)C(NC(=O)c2c(F)cccc2F)C(C)C)N(C)C)cc1. The van der Waals surface area contributed by atoms with Crippen LogP contribution in [0.1, 0.15) is 35.8 Å². The second kappa shape index (κ2) is 10.9. The Morgan fingerprint density at radius 3 is 2.10 bits per heavy atom. The van der Waals surface area contributed by atoms with Gasteiger partial charge in [-0.3, -0.25) is 9.59 Å². The van der Waals surface area contributed by atoms with Gasteiger partial charge < -0.3 is 20.3 Å². The zero-order chi connectivity index (χ0) is 23.1. The van der Waals surface area contributed by atoms with Crippen LogP contribution < -0.4 is 15.4 Å². The Hall–Kier alpha value is -3.00. The van der Waals surface area contributed by atoms with Crippen molar-refractivity contribution in [3.63, 3.8) is 0 Å². The van der Waals surface area contributed by atoms with Crippen molar-refractivity contribution in [1.82, 2.24) is 15.5 Å². The van der Waals surface area contributed by atoms with Gasteiger partial charge in [-0.2, -0.15) is 0 Å². The van der Waals surface area contributed by atoms with Crippen LogP contribution in [0.5, 0.6) is 5.75 Å². The van der Waals surface area contributed by atoms with Gasteiger partial charge in [-0.15, -0.1) is 0 Å². The molecule has 0 heterocycles. The minimum absolute atomic E-state index is 0.123. The Kier molecular flexibility index (Phi) is 8.50. The molecule has 6 nitrogen and oxygen atoms in total. The van der Waals surface area contributed by atoms with Crippen LogP contribution in [0, 0.1) is 17.6 Å². The van der Waals surface area contributed by atoms with E-state index in [9.17, 15) is 18.4 Å². The van der Waals surface area contributed by atoms with Gasteiger partial charge in [0.1, 0.15) is 29.0 Å². The van der Waals surface area contributed by atoms with Crippen molar-refractivity contribution < 1.29 is 23.1 Å². The summed E-state index contributed by atoms with van der Waals surface area (Å²) in [5, 5.41) is 5.31. The summed E-state index contributed by atoms with van der Waals surface area (Å²) in [7, 11) is 5.37. The zero-order valence-corrected chi connectivity index (χ0v) is 18.4. The van der Waals surface area contributed by atoms with Crippen LogP contribution in [0.15, 0.2) is 42.5 Å². The summed E-state index contributed by atoms with van der Waals surface area (Å²) in [5.41, 5.74) is 0.273. The predicted octanol–water partition coefficient (Wildman–Crippen LogP) is 3.15. The normalized spacial score (nSPS) is 13.1. The van der Waals surface area contributed by atoms with Crippen LogP contribution in [0.4, 0.5) is 8.78 Å². The first-order valence-corrected chi connectivity index (χ1v) is 9.98. The Labute approximate surface area is 181 Å². The number of rotatable bonds is 9. The Balaban J connectivity index is 2.11. The van der Waals surface area contributed by atoms with E-state index in [4.69, 9.17) is 4.74 Å². The highest BCUT2D eigenvalue weighted by Crippen LogP contribution is 2.21. The molecule has 0 aliphatic rings. The summed E-state index contributed by atoms with van der Waals surface area (Å²) in [6.07, 6.45) is 0. The number of carbonyl (C=O) groups excluding carboxylic acids is 2. The number of amides is 2. The molecule has 0 aliphatic carbocycles. The molecule has 2 N–H and O–H groups in total. The molecule has 0 saturated carbocycles. The van der Waals surface area contributed by atoms with E-state index < -0.39 is 35.1 Å². The average Bonchev–Trinajstić information content (AvgIpc) is 2.71. The molecule has 0 fully saturated rings. The van der Waals surface area contributed by atoms with Gasteiger partial charge in [-0.1, -0.05) is 32.0 Å². The van der Waals surface area contributed by atoms with E-state index >= 15 is 0 Å². The molecule has 2 unspecified atom stereocenters. The lowest BCUT2D eigenvalue weighted by Crippen LogP contribution is -2.51. The monoisotopic (exact) mass is 433 g/mol. The summed E-state index contributed by atoms with van der Waals surface area (Å²) < 4.78 is 33.0. The number of nitrogens with one attached hydrogen (secondary N) is 2. The van der Waals surface area contributed by atoms with Crippen molar-refractivity contribution in [3.05, 3.63) is 65.2 Å². The zero-order valence-electron chi connectivity index (χ0n) is 18.4. The number of likely N-dealkylation sites (N-methyl/N-ethyl adjacent to an activating group) is 1. The number of methoxy groups -OCH3 is 1. The highest BCUT2D eigenvalue weighted by atomic mass is 19.1. The third-order valence-electron chi connectivity index (χ3n) is 5.02. The van der Waals surface area contributed by atoms with Gasteiger partial charge in [0.2, 0.25) is 5.91 Å². The topological polar surface area (TPSA) is 70.7 Å². The molecule has 2 amide bonds. The fourth-order valence-electron chi connectivity index (χ4n) is 3.19. The van der Waals surface area contributed by atoms with Crippen LogP contribution in [-0.2, 0) is 4.79 Å². The van der Waals surface area contributed by atoms with Crippen molar-refractivity contribution in [2.24, 2.45) is 5.92 Å². The maximum absolute atomic E-state index is 13.9. The Bertz CT molecular complexity index is 881. The largest absolute Gasteiger partial charge is 0.497 e. The molecular formula is C23H29F2N3O3. The highest BCUT2D eigenvalue weighted by molar-refractivity contribution is 5.98. The molecule has 0 aromatic heterocycles. The minimum Gasteiger partial charge on any atom is -0.497 e. The minimum atomic E-state index is -0.979. The number of benzene rings is 2. The van der Waals surface area contributed by atoms with Crippen LogP contribution >= 0.6 is 0 Å². The first kappa shape index (κ1) is 24.3. The molecule has 168 valence electrons. The maximum atomic E-state index is 13.9. The Morgan fingerprint density at radius 2 is 1.61 bits per heavy atom. The summed E-state index contributed by atoms with van der Waals surface area (Å²) in [5.74, 6) is -2.92. The third-order valence-corrected chi connectivity index (χ3v) is 5.02. The molecule has 0 radical (unpaired) electrons. The molecule has 2 aromatic rings. The van der Waals surface area contributed by atoms with Crippen LogP contribution in [0.2, 0.25) is 0 Å². The maximum Gasteiger partial charge on any atom is 0.257 e. The van der Waals surface area contributed by atoms with Gasteiger partial charge in [-0.05, 0) is 49.8 Å². The van der Waals surface area contributed by atoms with E-state index in [0.29, 0.717) is 0 Å². The average molecular weight is 433 g/mol. The summed E-state index contributed by atoms with van der Waals surface area (Å²) in [6.45, 7) is 3.77. The van der Waals surface area contributed by atoms with Crippen molar-refractivity contribution in [2.75, 3.05) is 27.7 Å². The summed E-state index contributed by atoms with van der Waals surface area (Å²) in [6, 6.07) is 9.61. The van der Waals surface area contributed by atoms with Crippen molar-refractivity contribution in [1.29, 1.82) is 0 Å². The standard InChI is InChI=1S/C23H29F2N3O3/c1-14(2)21(27-22(29)20-17(24)7-6-8-18(20)25)23(30)26-13-19(28(3)4)15-9-11-16(31-5)12-10-15/h6-12,14,19,21H,13H2,1-5H3,(H,26,30)(H,27,29). The number of ether oxygens (including phenoxy) is 1. The number of hydrogen-bond acceptors (Lipinski definition) is 4. The van der Waals surface area contributed by atoms with Crippen molar-refractivity contribution in [3.8, 4) is 5.75 Å². The lowest BCUT2D eigenvalue weighted by molar-refractivity contribution is -0.124. The quantitative estimate of drug-likeness (QED) is 0.638. The van der Waals surface area contributed by atoms with Crippen LogP contribution in [0.25, 0.3) is 0 Å².